The number of likely N-dealkylation sites (tertiary alicyclic amines) is 1. The highest BCUT2D eigenvalue weighted by molar-refractivity contribution is 7.91. The van der Waals surface area contributed by atoms with Crippen LogP contribution in [0.5, 0.6) is 0 Å². The number of amides is 1. The Kier molecular flexibility index (Phi) is 7.90. The Morgan fingerprint density at radius 3 is 2.55 bits per heavy atom. The first-order valence-corrected chi connectivity index (χ1v) is 14.0. The van der Waals surface area contributed by atoms with Gasteiger partial charge in [0.15, 0.2) is 22.3 Å². The third kappa shape index (κ3) is 6.47. The lowest BCUT2D eigenvalue weighted by Crippen LogP contribution is -2.48. The van der Waals surface area contributed by atoms with Crippen LogP contribution in [0.15, 0.2) is 29.4 Å². The smallest absolute Gasteiger partial charge is 0.263 e. The second kappa shape index (κ2) is 10.9. The summed E-state index contributed by atoms with van der Waals surface area (Å²) in [6.45, 7) is 2.90. The zero-order valence-electron chi connectivity index (χ0n) is 19.3. The summed E-state index contributed by atoms with van der Waals surface area (Å²) in [6, 6.07) is 7.79. The van der Waals surface area contributed by atoms with Gasteiger partial charge in [-0.05, 0) is 56.8 Å². The second-order valence-electron chi connectivity index (χ2n) is 9.58. The van der Waals surface area contributed by atoms with Crippen molar-refractivity contribution < 1.29 is 18.0 Å². The van der Waals surface area contributed by atoms with Gasteiger partial charge in [0, 0.05) is 24.2 Å². The second-order valence-corrected chi connectivity index (χ2v) is 11.8. The highest BCUT2D eigenvalue weighted by atomic mass is 32.2. The van der Waals surface area contributed by atoms with Gasteiger partial charge in [0.05, 0.1) is 11.5 Å². The van der Waals surface area contributed by atoms with Gasteiger partial charge in [0.25, 0.3) is 5.91 Å². The van der Waals surface area contributed by atoms with E-state index >= 15 is 0 Å². The van der Waals surface area contributed by atoms with Gasteiger partial charge in [-0.25, -0.2) is 8.42 Å². The molecule has 2 heterocycles. The number of hydrogen-bond donors (Lipinski definition) is 1. The van der Waals surface area contributed by atoms with Crippen LogP contribution in [0.3, 0.4) is 0 Å². The van der Waals surface area contributed by atoms with Gasteiger partial charge in [-0.1, -0.05) is 42.6 Å². The van der Waals surface area contributed by atoms with Gasteiger partial charge in [-0.2, -0.15) is 0 Å². The van der Waals surface area contributed by atoms with Crippen molar-refractivity contribution in [2.24, 2.45) is 10.9 Å². The van der Waals surface area contributed by atoms with E-state index in [1.807, 2.05) is 18.2 Å². The van der Waals surface area contributed by atoms with E-state index in [1.54, 1.807) is 4.90 Å². The minimum atomic E-state index is -3.07. The van der Waals surface area contributed by atoms with Crippen molar-refractivity contribution in [2.75, 3.05) is 31.2 Å². The zero-order valence-corrected chi connectivity index (χ0v) is 20.1. The Balaban J connectivity index is 1.35. The SMILES string of the molecule is N/C(=N\OCC(=O)N(C1CCCC1)[C@H]1CCS(=O)(=O)C1)c1cccc(CN2CCCCC2)c1. The molecular formula is C24H36N4O4S. The average Bonchev–Trinajstić information content (AvgIpc) is 3.45. The Morgan fingerprint density at radius 2 is 1.85 bits per heavy atom. The van der Waals surface area contributed by atoms with Crippen molar-refractivity contribution >= 4 is 21.6 Å². The molecule has 9 heteroatoms. The monoisotopic (exact) mass is 476 g/mol. The maximum atomic E-state index is 13.0. The molecule has 2 saturated heterocycles. The predicted octanol–water partition coefficient (Wildman–Crippen LogP) is 2.27. The molecular weight excluding hydrogens is 440 g/mol. The molecule has 0 bridgehead atoms. The van der Waals surface area contributed by atoms with Crippen LogP contribution in [-0.4, -0.2) is 73.2 Å². The molecule has 1 aromatic carbocycles. The number of oxime groups is 1. The van der Waals surface area contributed by atoms with Crippen LogP contribution in [0.4, 0.5) is 0 Å². The third-order valence-corrected chi connectivity index (χ3v) is 8.79. The van der Waals surface area contributed by atoms with Crippen LogP contribution in [0.2, 0.25) is 0 Å². The highest BCUT2D eigenvalue weighted by Crippen LogP contribution is 2.29. The molecule has 3 fully saturated rings. The highest BCUT2D eigenvalue weighted by Gasteiger charge is 2.39. The van der Waals surface area contributed by atoms with E-state index < -0.39 is 9.84 Å². The van der Waals surface area contributed by atoms with Crippen molar-refractivity contribution in [3.8, 4) is 0 Å². The lowest BCUT2D eigenvalue weighted by molar-refractivity contribution is -0.140. The average molecular weight is 477 g/mol. The number of nitrogens with zero attached hydrogens (tertiary/aromatic N) is 3. The molecule has 1 aromatic rings. The first-order valence-electron chi connectivity index (χ1n) is 12.2. The van der Waals surface area contributed by atoms with E-state index in [0.29, 0.717) is 6.42 Å². The predicted molar refractivity (Wildman–Crippen MR) is 128 cm³/mol. The van der Waals surface area contributed by atoms with Gasteiger partial charge >= 0.3 is 0 Å². The zero-order chi connectivity index (χ0) is 23.3. The van der Waals surface area contributed by atoms with E-state index in [4.69, 9.17) is 10.6 Å². The third-order valence-electron chi connectivity index (χ3n) is 7.04. The fourth-order valence-electron chi connectivity index (χ4n) is 5.37. The number of carbonyl (C=O) groups is 1. The van der Waals surface area contributed by atoms with E-state index in [1.165, 1.54) is 24.8 Å². The number of carbonyl (C=O) groups excluding carboxylic acids is 1. The summed E-state index contributed by atoms with van der Waals surface area (Å²) in [7, 11) is -3.07. The van der Waals surface area contributed by atoms with Crippen molar-refractivity contribution in [1.29, 1.82) is 0 Å². The Hall–Kier alpha value is -2.13. The van der Waals surface area contributed by atoms with Gasteiger partial charge in [0.2, 0.25) is 0 Å². The molecule has 3 aliphatic rings. The fourth-order valence-corrected chi connectivity index (χ4v) is 7.08. The number of hydrogen-bond acceptors (Lipinski definition) is 6. The van der Waals surface area contributed by atoms with Crippen molar-refractivity contribution in [2.45, 2.75) is 70.0 Å². The van der Waals surface area contributed by atoms with Crippen LogP contribution >= 0.6 is 0 Å². The quantitative estimate of drug-likeness (QED) is 0.351. The summed E-state index contributed by atoms with van der Waals surface area (Å²) in [5.74, 6) is 0.219. The number of nitrogens with two attached hydrogens (primary N) is 1. The molecule has 8 nitrogen and oxygen atoms in total. The molecule has 33 heavy (non-hydrogen) atoms. The molecule has 1 amide bonds. The molecule has 2 aliphatic heterocycles. The molecule has 2 N–H and O–H groups in total. The Morgan fingerprint density at radius 1 is 1.09 bits per heavy atom. The molecule has 0 aromatic heterocycles. The van der Waals surface area contributed by atoms with Crippen LogP contribution in [0, 0.1) is 0 Å². The first kappa shape index (κ1) is 24.0. The number of sulfone groups is 1. The van der Waals surface area contributed by atoms with E-state index in [-0.39, 0.29) is 41.9 Å². The van der Waals surface area contributed by atoms with E-state index in [9.17, 15) is 13.2 Å². The molecule has 1 aliphatic carbocycles. The molecule has 1 atom stereocenters. The lowest BCUT2D eigenvalue weighted by atomic mass is 10.1. The maximum Gasteiger partial charge on any atom is 0.263 e. The van der Waals surface area contributed by atoms with Crippen molar-refractivity contribution in [3.63, 3.8) is 0 Å². The van der Waals surface area contributed by atoms with Gasteiger partial charge in [-0.3, -0.25) is 9.69 Å². The molecule has 0 spiro atoms. The topological polar surface area (TPSA) is 105 Å². The summed E-state index contributed by atoms with van der Waals surface area (Å²) in [4.78, 5) is 22.6. The van der Waals surface area contributed by atoms with Crippen LogP contribution in [0.1, 0.15) is 62.5 Å². The fraction of sp³-hybridized carbons (Fsp3) is 0.667. The normalized spacial score (nSPS) is 24.1. The Bertz CT molecular complexity index is 953. The van der Waals surface area contributed by atoms with Gasteiger partial charge < -0.3 is 15.5 Å². The number of rotatable bonds is 8. The first-order chi connectivity index (χ1) is 15.9. The molecule has 0 unspecified atom stereocenters. The van der Waals surface area contributed by atoms with E-state index in [2.05, 4.69) is 16.1 Å². The Labute approximate surface area is 197 Å². The lowest BCUT2D eigenvalue weighted by Gasteiger charge is -2.33. The van der Waals surface area contributed by atoms with Crippen LogP contribution < -0.4 is 5.73 Å². The molecule has 1 saturated carbocycles. The standard InChI is InChI=1S/C24H36N4O4S/c25-24(20-8-6-7-19(15-20)16-27-12-4-1-5-13-27)26-32-17-23(29)28(21-9-2-3-10-21)22-11-14-33(30,31)18-22/h6-8,15,21-22H,1-5,9-14,16-18H2,(H2,25,26)/t22-/m0/s1. The number of amidine groups is 1. The van der Waals surface area contributed by atoms with Crippen molar-refractivity contribution in [1.82, 2.24) is 9.80 Å². The minimum absolute atomic E-state index is 0.0461. The van der Waals surface area contributed by atoms with Gasteiger partial charge in [0.1, 0.15) is 0 Å². The van der Waals surface area contributed by atoms with Crippen molar-refractivity contribution in [3.05, 3.63) is 35.4 Å². The molecule has 0 radical (unpaired) electrons. The van der Waals surface area contributed by atoms with Crippen LogP contribution in [0.25, 0.3) is 0 Å². The number of benzene rings is 1. The largest absolute Gasteiger partial charge is 0.384 e. The van der Waals surface area contributed by atoms with Crippen LogP contribution in [-0.2, 0) is 26.0 Å². The summed E-state index contributed by atoms with van der Waals surface area (Å²) in [5, 5.41) is 4.00. The minimum Gasteiger partial charge on any atom is -0.384 e. The number of piperidine rings is 1. The summed E-state index contributed by atoms with van der Waals surface area (Å²) < 4.78 is 24.0. The van der Waals surface area contributed by atoms with E-state index in [0.717, 1.165) is 50.9 Å². The summed E-state index contributed by atoms with van der Waals surface area (Å²) >= 11 is 0. The summed E-state index contributed by atoms with van der Waals surface area (Å²) in [6.07, 6.45) is 8.25. The molecule has 182 valence electrons. The summed E-state index contributed by atoms with van der Waals surface area (Å²) in [5.41, 5.74) is 8.10. The maximum absolute atomic E-state index is 13.0. The van der Waals surface area contributed by atoms with Gasteiger partial charge in [-0.15, -0.1) is 0 Å². The molecule has 4 rings (SSSR count).